The van der Waals surface area contributed by atoms with Gasteiger partial charge >= 0.3 is 0 Å². The van der Waals surface area contributed by atoms with Crippen LogP contribution in [-0.4, -0.2) is 21.3 Å². The van der Waals surface area contributed by atoms with E-state index < -0.39 is 0 Å². The topological polar surface area (TPSA) is 55.1 Å². The Morgan fingerprint density at radius 3 is 2.94 bits per heavy atom. The first-order valence-electron chi connectivity index (χ1n) is 4.91. The van der Waals surface area contributed by atoms with Crippen molar-refractivity contribution >= 4 is 22.5 Å². The van der Waals surface area contributed by atoms with Gasteiger partial charge in [-0.05, 0) is 30.2 Å². The third-order valence-corrected chi connectivity index (χ3v) is 2.76. The molecule has 0 radical (unpaired) electrons. The highest BCUT2D eigenvalue weighted by molar-refractivity contribution is 6.28. The van der Waals surface area contributed by atoms with Crippen molar-refractivity contribution in [3.05, 3.63) is 39.4 Å². The second-order valence-electron chi connectivity index (χ2n) is 3.53. The number of aryl methyl sites for hydroxylation is 1. The lowest BCUT2D eigenvalue weighted by Crippen LogP contribution is -2.24. The quantitative estimate of drug-likeness (QED) is 0.804. The van der Waals surface area contributed by atoms with Crippen LogP contribution in [-0.2, 0) is 6.54 Å². The number of halogens is 1. The summed E-state index contributed by atoms with van der Waals surface area (Å²) in [5.41, 5.74) is 1.24. The van der Waals surface area contributed by atoms with Gasteiger partial charge in [-0.2, -0.15) is 0 Å². The monoisotopic (exact) mass is 238 g/mol. The van der Waals surface area contributed by atoms with Gasteiger partial charge in [0.25, 0.3) is 5.56 Å². The van der Waals surface area contributed by atoms with E-state index in [0.29, 0.717) is 10.9 Å². The van der Waals surface area contributed by atoms with Crippen LogP contribution < -0.4 is 5.56 Å². The number of aliphatic hydroxyl groups is 1. The zero-order valence-corrected chi connectivity index (χ0v) is 9.53. The lowest BCUT2D eigenvalue weighted by atomic mass is 10.1. The molecule has 1 heterocycles. The molecule has 2 aromatic rings. The van der Waals surface area contributed by atoms with Crippen LogP contribution in [0.5, 0.6) is 0 Å². The first kappa shape index (κ1) is 11.1. The van der Waals surface area contributed by atoms with Gasteiger partial charge in [0.1, 0.15) is 0 Å². The summed E-state index contributed by atoms with van der Waals surface area (Å²) in [6.45, 7) is 1.87. The van der Waals surface area contributed by atoms with E-state index in [9.17, 15) is 4.79 Å². The fourth-order valence-electron chi connectivity index (χ4n) is 1.70. The largest absolute Gasteiger partial charge is 0.395 e. The molecule has 0 fully saturated rings. The van der Waals surface area contributed by atoms with E-state index in [1.54, 1.807) is 6.07 Å². The van der Waals surface area contributed by atoms with Gasteiger partial charge in [-0.3, -0.25) is 9.36 Å². The molecule has 0 unspecified atom stereocenters. The van der Waals surface area contributed by atoms with Crippen molar-refractivity contribution in [3.63, 3.8) is 0 Å². The van der Waals surface area contributed by atoms with Crippen molar-refractivity contribution in [2.24, 2.45) is 0 Å². The molecule has 1 aromatic carbocycles. The Balaban J connectivity index is 2.86. The molecule has 0 amide bonds. The van der Waals surface area contributed by atoms with Crippen LogP contribution in [0.4, 0.5) is 0 Å². The van der Waals surface area contributed by atoms with Crippen LogP contribution in [0.1, 0.15) is 5.56 Å². The summed E-state index contributed by atoms with van der Waals surface area (Å²) in [5, 5.41) is 9.53. The number of aromatic nitrogens is 2. The lowest BCUT2D eigenvalue weighted by Gasteiger charge is -2.08. The average Bonchev–Trinajstić information content (AvgIpc) is 2.24. The number of aliphatic hydroxyl groups excluding tert-OH is 1. The van der Waals surface area contributed by atoms with Crippen molar-refractivity contribution in [3.8, 4) is 0 Å². The maximum Gasteiger partial charge on any atom is 0.262 e. The van der Waals surface area contributed by atoms with E-state index in [4.69, 9.17) is 16.7 Å². The molecule has 1 N–H and O–H groups in total. The van der Waals surface area contributed by atoms with Crippen molar-refractivity contribution < 1.29 is 5.11 Å². The number of hydrogen-bond acceptors (Lipinski definition) is 3. The van der Waals surface area contributed by atoms with Gasteiger partial charge in [0.05, 0.1) is 24.1 Å². The number of fused-ring (bicyclic) bond motifs is 1. The molecule has 0 spiro atoms. The Morgan fingerprint density at radius 1 is 1.50 bits per heavy atom. The summed E-state index contributed by atoms with van der Waals surface area (Å²) in [6, 6.07) is 5.43. The molecule has 0 bridgehead atoms. The SMILES string of the molecule is Cc1cccc2nc(Cl)n(CCO)c(=O)c12. The summed E-state index contributed by atoms with van der Waals surface area (Å²) in [6.07, 6.45) is 0. The molecule has 2 rings (SSSR count). The third kappa shape index (κ3) is 1.70. The van der Waals surface area contributed by atoms with Gasteiger partial charge in [-0.25, -0.2) is 4.98 Å². The molecule has 0 saturated heterocycles. The molecule has 84 valence electrons. The molecule has 0 aliphatic rings. The molecule has 1 aromatic heterocycles. The van der Waals surface area contributed by atoms with E-state index in [0.717, 1.165) is 5.56 Å². The van der Waals surface area contributed by atoms with E-state index in [-0.39, 0.29) is 24.0 Å². The van der Waals surface area contributed by atoms with Gasteiger partial charge in [-0.1, -0.05) is 12.1 Å². The Hall–Kier alpha value is -1.39. The number of nitrogens with zero attached hydrogens (tertiary/aromatic N) is 2. The molecule has 0 saturated carbocycles. The third-order valence-electron chi connectivity index (χ3n) is 2.47. The molecule has 5 heteroatoms. The van der Waals surface area contributed by atoms with Crippen LogP contribution in [0.3, 0.4) is 0 Å². The Bertz CT molecular complexity index is 592. The van der Waals surface area contributed by atoms with Crippen LogP contribution in [0.15, 0.2) is 23.0 Å². The van der Waals surface area contributed by atoms with E-state index in [1.165, 1.54) is 4.57 Å². The standard InChI is InChI=1S/C11H11ClN2O2/c1-7-3-2-4-8-9(7)10(16)14(5-6-15)11(12)13-8/h2-4,15H,5-6H2,1H3. The molecule has 0 aliphatic heterocycles. The molecular weight excluding hydrogens is 228 g/mol. The van der Waals surface area contributed by atoms with Gasteiger partial charge < -0.3 is 5.11 Å². The summed E-state index contributed by atoms with van der Waals surface area (Å²) < 4.78 is 1.27. The van der Waals surface area contributed by atoms with Crippen molar-refractivity contribution in [2.45, 2.75) is 13.5 Å². The average molecular weight is 239 g/mol. The predicted octanol–water partition coefficient (Wildman–Crippen LogP) is 1.35. The zero-order valence-electron chi connectivity index (χ0n) is 8.77. The smallest absolute Gasteiger partial charge is 0.262 e. The second kappa shape index (κ2) is 4.23. The molecule has 16 heavy (non-hydrogen) atoms. The minimum absolute atomic E-state index is 0.108. The van der Waals surface area contributed by atoms with Crippen LogP contribution >= 0.6 is 11.6 Å². The van der Waals surface area contributed by atoms with Gasteiger partial charge in [0.2, 0.25) is 5.28 Å². The predicted molar refractivity (Wildman–Crippen MR) is 62.8 cm³/mol. The van der Waals surface area contributed by atoms with Crippen LogP contribution in [0, 0.1) is 6.92 Å². The maximum absolute atomic E-state index is 12.1. The minimum atomic E-state index is -0.206. The van der Waals surface area contributed by atoms with E-state index >= 15 is 0 Å². The highest BCUT2D eigenvalue weighted by atomic mass is 35.5. The first-order chi connectivity index (χ1) is 7.65. The summed E-state index contributed by atoms with van der Waals surface area (Å²) in [7, 11) is 0. The Labute approximate surface area is 97.1 Å². The molecule has 0 atom stereocenters. The lowest BCUT2D eigenvalue weighted by molar-refractivity contribution is 0.274. The Morgan fingerprint density at radius 2 is 2.25 bits per heavy atom. The van der Waals surface area contributed by atoms with Gasteiger partial charge in [0, 0.05) is 0 Å². The summed E-state index contributed by atoms with van der Waals surface area (Å²) in [4.78, 5) is 16.2. The fraction of sp³-hybridized carbons (Fsp3) is 0.273. The molecular formula is C11H11ClN2O2. The number of benzene rings is 1. The summed E-state index contributed by atoms with van der Waals surface area (Å²) in [5.74, 6) is 0. The first-order valence-corrected chi connectivity index (χ1v) is 5.29. The highest BCUT2D eigenvalue weighted by Crippen LogP contribution is 2.14. The molecule has 0 aliphatic carbocycles. The van der Waals surface area contributed by atoms with Crippen LogP contribution in [0.25, 0.3) is 10.9 Å². The normalized spacial score (nSPS) is 10.9. The fourth-order valence-corrected chi connectivity index (χ4v) is 1.95. The van der Waals surface area contributed by atoms with Crippen molar-refractivity contribution in [2.75, 3.05) is 6.61 Å². The maximum atomic E-state index is 12.1. The highest BCUT2D eigenvalue weighted by Gasteiger charge is 2.10. The van der Waals surface area contributed by atoms with Crippen molar-refractivity contribution in [1.82, 2.24) is 9.55 Å². The zero-order chi connectivity index (χ0) is 11.7. The Kier molecular flexibility index (Phi) is 2.94. The van der Waals surface area contributed by atoms with Crippen molar-refractivity contribution in [1.29, 1.82) is 0 Å². The van der Waals surface area contributed by atoms with E-state index in [2.05, 4.69) is 4.98 Å². The minimum Gasteiger partial charge on any atom is -0.395 e. The van der Waals surface area contributed by atoms with E-state index in [1.807, 2.05) is 19.1 Å². The molecule has 4 nitrogen and oxygen atoms in total. The van der Waals surface area contributed by atoms with Crippen LogP contribution in [0.2, 0.25) is 5.28 Å². The summed E-state index contributed by atoms with van der Waals surface area (Å²) >= 11 is 5.88. The number of hydrogen-bond donors (Lipinski definition) is 1. The number of rotatable bonds is 2. The van der Waals surface area contributed by atoms with Gasteiger partial charge in [0.15, 0.2) is 0 Å². The second-order valence-corrected chi connectivity index (χ2v) is 3.87. The van der Waals surface area contributed by atoms with Gasteiger partial charge in [-0.15, -0.1) is 0 Å².